The quantitative estimate of drug-likeness (QED) is 0.461. The molecule has 0 N–H and O–H groups in total. The van der Waals surface area contributed by atoms with E-state index in [-0.39, 0.29) is 12.0 Å². The molecule has 0 rings (SSSR count). The van der Waals surface area contributed by atoms with Gasteiger partial charge < -0.3 is 0 Å². The number of carbonyl (C=O) groups excluding carboxylic acids is 2. The Balaban J connectivity index is 4.16. The average molecular weight is 196 g/mol. The summed E-state index contributed by atoms with van der Waals surface area (Å²) in [5, 5.41) is 0. The molecule has 0 fully saturated rings. The monoisotopic (exact) mass is 196 g/mol. The molecule has 4 nitrogen and oxygen atoms in total. The van der Waals surface area contributed by atoms with E-state index < -0.39 is 0 Å². The van der Waals surface area contributed by atoms with Crippen molar-refractivity contribution in [1.29, 1.82) is 0 Å². The van der Waals surface area contributed by atoms with Crippen LogP contribution in [0.15, 0.2) is 9.98 Å². The third-order valence-corrected chi connectivity index (χ3v) is 2.17. The van der Waals surface area contributed by atoms with Crippen LogP contribution in [0.5, 0.6) is 0 Å². The molecule has 0 bridgehead atoms. The highest BCUT2D eigenvalue weighted by Gasteiger charge is 2.15. The van der Waals surface area contributed by atoms with E-state index in [9.17, 15) is 9.59 Å². The van der Waals surface area contributed by atoms with Crippen LogP contribution >= 0.6 is 0 Å². The fraction of sp³-hybridized carbons (Fsp3) is 0.800. The Morgan fingerprint density at radius 2 is 2.00 bits per heavy atom. The van der Waals surface area contributed by atoms with Gasteiger partial charge in [-0.2, -0.15) is 0 Å². The Morgan fingerprint density at radius 3 is 2.50 bits per heavy atom. The first-order valence-corrected chi connectivity index (χ1v) is 4.86. The second-order valence-electron chi connectivity index (χ2n) is 3.34. The van der Waals surface area contributed by atoms with Gasteiger partial charge in [0.1, 0.15) is 0 Å². The third-order valence-electron chi connectivity index (χ3n) is 2.17. The number of hydrogen-bond acceptors (Lipinski definition) is 4. The number of unbranched alkanes of at least 4 members (excludes halogenated alkanes) is 1. The molecule has 4 heteroatoms. The molecule has 2 unspecified atom stereocenters. The maximum atomic E-state index is 10.2. The number of nitrogens with zero attached hydrogens (tertiary/aromatic N) is 2. The van der Waals surface area contributed by atoms with Gasteiger partial charge in [0.2, 0.25) is 12.2 Å². The first kappa shape index (κ1) is 12.8. The lowest BCUT2D eigenvalue weighted by atomic mass is 9.97. The van der Waals surface area contributed by atoms with Gasteiger partial charge in [0.05, 0.1) is 12.6 Å². The molecule has 14 heavy (non-hydrogen) atoms. The van der Waals surface area contributed by atoms with Crippen molar-refractivity contribution in [2.24, 2.45) is 15.9 Å². The van der Waals surface area contributed by atoms with Gasteiger partial charge >= 0.3 is 0 Å². The van der Waals surface area contributed by atoms with Crippen molar-refractivity contribution < 1.29 is 9.59 Å². The van der Waals surface area contributed by atoms with Crippen molar-refractivity contribution >= 4 is 12.2 Å². The predicted octanol–water partition coefficient (Wildman–Crippen LogP) is 1.85. The van der Waals surface area contributed by atoms with Crippen LogP contribution in [0.25, 0.3) is 0 Å². The van der Waals surface area contributed by atoms with Crippen molar-refractivity contribution in [2.75, 3.05) is 6.54 Å². The molecule has 0 radical (unpaired) electrons. The maximum Gasteiger partial charge on any atom is 0.235 e. The van der Waals surface area contributed by atoms with Crippen molar-refractivity contribution in [3.8, 4) is 0 Å². The zero-order chi connectivity index (χ0) is 10.8. The van der Waals surface area contributed by atoms with E-state index in [2.05, 4.69) is 16.9 Å². The Hall–Kier alpha value is -1.24. The molecule has 0 aromatic rings. The molecule has 0 heterocycles. The van der Waals surface area contributed by atoms with Gasteiger partial charge in [0, 0.05) is 0 Å². The second-order valence-corrected chi connectivity index (χ2v) is 3.34. The van der Waals surface area contributed by atoms with E-state index in [4.69, 9.17) is 0 Å². The summed E-state index contributed by atoms with van der Waals surface area (Å²) >= 11 is 0. The van der Waals surface area contributed by atoms with Crippen molar-refractivity contribution in [3.63, 3.8) is 0 Å². The summed E-state index contributed by atoms with van der Waals surface area (Å²) in [6.45, 7) is 4.38. The minimum absolute atomic E-state index is 0.0652. The van der Waals surface area contributed by atoms with Crippen LogP contribution in [0.2, 0.25) is 0 Å². The molecule has 2 atom stereocenters. The Kier molecular flexibility index (Phi) is 7.62. The average Bonchev–Trinajstić information content (AvgIpc) is 2.20. The minimum atomic E-state index is -0.0652. The summed E-state index contributed by atoms with van der Waals surface area (Å²) in [6, 6.07) is -0.0652. The Labute approximate surface area is 84.1 Å². The molecular weight excluding hydrogens is 180 g/mol. The molecule has 0 aliphatic heterocycles. The number of aliphatic imine (C=N–C) groups is 2. The lowest BCUT2D eigenvalue weighted by molar-refractivity contribution is 0.426. The molecule has 0 aromatic carbocycles. The lowest BCUT2D eigenvalue weighted by Crippen LogP contribution is -2.18. The van der Waals surface area contributed by atoms with Gasteiger partial charge in [-0.25, -0.2) is 19.6 Å². The summed E-state index contributed by atoms with van der Waals surface area (Å²) in [5.74, 6) is 0.101. The SMILES string of the molecule is CCCCC(N=C=O)C(C)CN=C=O. The highest BCUT2D eigenvalue weighted by Crippen LogP contribution is 2.14. The summed E-state index contributed by atoms with van der Waals surface area (Å²) < 4.78 is 0. The van der Waals surface area contributed by atoms with E-state index in [1.54, 1.807) is 6.08 Å². The molecule has 78 valence electrons. The summed E-state index contributed by atoms with van der Waals surface area (Å²) in [7, 11) is 0. The minimum Gasteiger partial charge on any atom is -0.211 e. The normalized spacial score (nSPS) is 13.6. The van der Waals surface area contributed by atoms with Crippen LogP contribution in [0.3, 0.4) is 0 Å². The standard InChI is InChI=1S/C10H16N2O2/c1-3-4-5-10(12-8-14)9(2)6-11-7-13/h9-10H,3-6H2,1-2H3. The van der Waals surface area contributed by atoms with Crippen LogP contribution in [0.4, 0.5) is 0 Å². The first-order chi connectivity index (χ1) is 6.76. The van der Waals surface area contributed by atoms with E-state index >= 15 is 0 Å². The summed E-state index contributed by atoms with van der Waals surface area (Å²) in [5.41, 5.74) is 0. The number of hydrogen-bond donors (Lipinski definition) is 0. The van der Waals surface area contributed by atoms with E-state index in [1.807, 2.05) is 6.92 Å². The third kappa shape index (κ3) is 5.41. The molecule has 0 saturated carbocycles. The van der Waals surface area contributed by atoms with Gasteiger partial charge in [-0.15, -0.1) is 0 Å². The zero-order valence-corrected chi connectivity index (χ0v) is 8.69. The Morgan fingerprint density at radius 1 is 1.29 bits per heavy atom. The fourth-order valence-corrected chi connectivity index (χ4v) is 1.26. The van der Waals surface area contributed by atoms with Gasteiger partial charge in [-0.1, -0.05) is 26.7 Å². The maximum absolute atomic E-state index is 10.2. The van der Waals surface area contributed by atoms with Crippen LogP contribution < -0.4 is 0 Å². The van der Waals surface area contributed by atoms with Crippen LogP contribution in [-0.4, -0.2) is 24.7 Å². The van der Waals surface area contributed by atoms with Gasteiger partial charge in [0.25, 0.3) is 0 Å². The van der Waals surface area contributed by atoms with E-state index in [1.165, 1.54) is 6.08 Å². The van der Waals surface area contributed by atoms with Crippen molar-refractivity contribution in [3.05, 3.63) is 0 Å². The molecular formula is C10H16N2O2. The van der Waals surface area contributed by atoms with Gasteiger partial charge in [-0.3, -0.25) is 0 Å². The molecule has 0 aliphatic rings. The summed E-state index contributed by atoms with van der Waals surface area (Å²) in [4.78, 5) is 27.3. The Bertz CT molecular complexity index is 241. The van der Waals surface area contributed by atoms with Crippen LogP contribution in [0, 0.1) is 5.92 Å². The van der Waals surface area contributed by atoms with Crippen LogP contribution in [0.1, 0.15) is 33.1 Å². The molecule has 0 amide bonds. The van der Waals surface area contributed by atoms with E-state index in [0.29, 0.717) is 6.54 Å². The highest BCUT2D eigenvalue weighted by atomic mass is 16.1. The zero-order valence-electron chi connectivity index (χ0n) is 8.69. The molecule has 0 aliphatic carbocycles. The topological polar surface area (TPSA) is 58.9 Å². The van der Waals surface area contributed by atoms with E-state index in [0.717, 1.165) is 19.3 Å². The van der Waals surface area contributed by atoms with Gasteiger partial charge in [0.15, 0.2) is 0 Å². The number of isocyanates is 2. The first-order valence-electron chi connectivity index (χ1n) is 4.86. The largest absolute Gasteiger partial charge is 0.235 e. The molecule has 0 saturated heterocycles. The highest BCUT2D eigenvalue weighted by molar-refractivity contribution is 5.34. The fourth-order valence-electron chi connectivity index (χ4n) is 1.26. The van der Waals surface area contributed by atoms with Crippen LogP contribution in [-0.2, 0) is 9.59 Å². The van der Waals surface area contributed by atoms with Crippen molar-refractivity contribution in [2.45, 2.75) is 39.2 Å². The van der Waals surface area contributed by atoms with Crippen molar-refractivity contribution in [1.82, 2.24) is 0 Å². The van der Waals surface area contributed by atoms with Gasteiger partial charge in [-0.05, 0) is 12.3 Å². The molecule has 0 aromatic heterocycles. The number of rotatable bonds is 7. The smallest absolute Gasteiger partial charge is 0.211 e. The predicted molar refractivity (Wildman–Crippen MR) is 53.6 cm³/mol. The molecule has 0 spiro atoms. The lowest BCUT2D eigenvalue weighted by Gasteiger charge is -2.15. The summed E-state index contributed by atoms with van der Waals surface area (Å²) in [6.07, 6.45) is 5.99. The second kappa shape index (κ2) is 8.36.